The van der Waals surface area contributed by atoms with Crippen LogP contribution in [0.2, 0.25) is 0 Å². The molecule has 0 bridgehead atoms. The maximum atomic E-state index is 10.9. The van der Waals surface area contributed by atoms with E-state index in [0.29, 0.717) is 42.5 Å². The summed E-state index contributed by atoms with van der Waals surface area (Å²) in [7, 11) is 0. The Morgan fingerprint density at radius 3 is 2.32 bits per heavy atom. The third kappa shape index (κ3) is 6.36. The molecule has 0 spiro atoms. The molecule has 3 aromatic rings. The Labute approximate surface area is 199 Å². The van der Waals surface area contributed by atoms with Crippen molar-refractivity contribution < 1.29 is 19.1 Å². The highest BCUT2D eigenvalue weighted by Crippen LogP contribution is 2.30. The molecule has 0 heterocycles. The SMILES string of the molecule is CCOc1cc(/C=C(\C#N)c2ccc([N+](=O)[O-])cc2)ccc1OCCOc1ccc(C)c(C)c1. The molecule has 7 heteroatoms. The average molecular weight is 459 g/mol. The van der Waals surface area contributed by atoms with E-state index in [1.54, 1.807) is 30.3 Å². The highest BCUT2D eigenvalue weighted by atomic mass is 16.6. The van der Waals surface area contributed by atoms with Gasteiger partial charge in [0, 0.05) is 12.1 Å². The van der Waals surface area contributed by atoms with Gasteiger partial charge in [-0.05, 0) is 85.5 Å². The lowest BCUT2D eigenvalue weighted by Crippen LogP contribution is -2.10. The van der Waals surface area contributed by atoms with Crippen LogP contribution in [0.5, 0.6) is 17.2 Å². The van der Waals surface area contributed by atoms with Gasteiger partial charge in [0.2, 0.25) is 0 Å². The largest absolute Gasteiger partial charge is 0.490 e. The number of non-ortho nitro benzene ring substituents is 1. The summed E-state index contributed by atoms with van der Waals surface area (Å²) < 4.78 is 17.4. The molecule has 0 atom stereocenters. The summed E-state index contributed by atoms with van der Waals surface area (Å²) in [6.45, 7) is 7.16. The van der Waals surface area contributed by atoms with Crippen molar-refractivity contribution in [3.05, 3.63) is 93.0 Å². The number of nitro benzene ring substituents is 1. The van der Waals surface area contributed by atoms with Crippen LogP contribution in [0.4, 0.5) is 5.69 Å². The van der Waals surface area contributed by atoms with Gasteiger partial charge >= 0.3 is 0 Å². The first-order valence-electron chi connectivity index (χ1n) is 10.9. The molecule has 0 unspecified atom stereocenters. The molecule has 3 aromatic carbocycles. The number of allylic oxidation sites excluding steroid dienone is 1. The highest BCUT2D eigenvalue weighted by Gasteiger charge is 2.10. The summed E-state index contributed by atoms with van der Waals surface area (Å²) in [4.78, 5) is 10.4. The topological polar surface area (TPSA) is 94.6 Å². The molecule has 0 radical (unpaired) electrons. The predicted molar refractivity (Wildman–Crippen MR) is 131 cm³/mol. The van der Waals surface area contributed by atoms with Gasteiger partial charge in [-0.25, -0.2) is 0 Å². The summed E-state index contributed by atoms with van der Waals surface area (Å²) in [6, 6.07) is 19.4. The fraction of sp³-hybridized carbons (Fsp3) is 0.222. The third-order valence-corrected chi connectivity index (χ3v) is 5.18. The van der Waals surface area contributed by atoms with Gasteiger partial charge in [-0.15, -0.1) is 0 Å². The van der Waals surface area contributed by atoms with E-state index in [9.17, 15) is 15.4 Å². The molecule has 0 saturated heterocycles. The Bertz CT molecular complexity index is 1230. The molecule has 34 heavy (non-hydrogen) atoms. The van der Waals surface area contributed by atoms with Gasteiger partial charge in [-0.3, -0.25) is 10.1 Å². The first kappa shape index (κ1) is 24.3. The first-order chi connectivity index (χ1) is 16.4. The molecule has 7 nitrogen and oxygen atoms in total. The number of nitriles is 1. The van der Waals surface area contributed by atoms with E-state index in [0.717, 1.165) is 11.3 Å². The van der Waals surface area contributed by atoms with Crippen molar-refractivity contribution in [1.29, 1.82) is 5.26 Å². The predicted octanol–water partition coefficient (Wildman–Crippen LogP) is 6.13. The van der Waals surface area contributed by atoms with Gasteiger partial charge in [-0.2, -0.15) is 5.26 Å². The van der Waals surface area contributed by atoms with Gasteiger partial charge < -0.3 is 14.2 Å². The van der Waals surface area contributed by atoms with E-state index in [2.05, 4.69) is 13.0 Å². The fourth-order valence-corrected chi connectivity index (χ4v) is 3.23. The molecular formula is C27H26N2O5. The summed E-state index contributed by atoms with van der Waals surface area (Å²) >= 11 is 0. The van der Waals surface area contributed by atoms with Crippen LogP contribution in [0.25, 0.3) is 11.6 Å². The first-order valence-corrected chi connectivity index (χ1v) is 10.9. The minimum Gasteiger partial charge on any atom is -0.490 e. The van der Waals surface area contributed by atoms with Crippen LogP contribution in [-0.2, 0) is 0 Å². The van der Waals surface area contributed by atoms with Crippen molar-refractivity contribution in [2.75, 3.05) is 19.8 Å². The van der Waals surface area contributed by atoms with Crippen molar-refractivity contribution >= 4 is 17.3 Å². The van der Waals surface area contributed by atoms with Gasteiger partial charge in [0.1, 0.15) is 19.0 Å². The molecule has 0 aliphatic carbocycles. The highest BCUT2D eigenvalue weighted by molar-refractivity contribution is 5.90. The molecule has 0 fully saturated rings. The molecule has 0 aliphatic rings. The monoisotopic (exact) mass is 458 g/mol. The normalized spacial score (nSPS) is 10.9. The minimum atomic E-state index is -0.473. The zero-order valence-corrected chi connectivity index (χ0v) is 19.4. The number of hydrogen-bond donors (Lipinski definition) is 0. The van der Waals surface area contributed by atoms with E-state index in [1.165, 1.54) is 23.3 Å². The number of nitrogens with zero attached hydrogens (tertiary/aromatic N) is 2. The molecule has 0 N–H and O–H groups in total. The number of benzene rings is 3. The van der Waals surface area contributed by atoms with Crippen LogP contribution in [-0.4, -0.2) is 24.7 Å². The van der Waals surface area contributed by atoms with E-state index in [1.807, 2.05) is 38.1 Å². The number of hydrogen-bond acceptors (Lipinski definition) is 6. The van der Waals surface area contributed by atoms with Crippen LogP contribution in [0.3, 0.4) is 0 Å². The van der Waals surface area contributed by atoms with Crippen LogP contribution >= 0.6 is 0 Å². The van der Waals surface area contributed by atoms with Crippen LogP contribution < -0.4 is 14.2 Å². The zero-order chi connectivity index (χ0) is 24.5. The lowest BCUT2D eigenvalue weighted by atomic mass is 10.0. The van der Waals surface area contributed by atoms with Crippen molar-refractivity contribution in [3.63, 3.8) is 0 Å². The Kier molecular flexibility index (Phi) is 8.25. The van der Waals surface area contributed by atoms with Crippen LogP contribution in [0, 0.1) is 35.3 Å². The quantitative estimate of drug-likeness (QED) is 0.119. The number of ether oxygens (including phenoxy) is 3. The number of rotatable bonds is 10. The maximum Gasteiger partial charge on any atom is 0.269 e. The molecule has 174 valence electrons. The lowest BCUT2D eigenvalue weighted by Gasteiger charge is -2.14. The Morgan fingerprint density at radius 1 is 0.941 bits per heavy atom. The second kappa shape index (κ2) is 11.5. The molecule has 0 aromatic heterocycles. The van der Waals surface area contributed by atoms with Crippen molar-refractivity contribution in [1.82, 2.24) is 0 Å². The lowest BCUT2D eigenvalue weighted by molar-refractivity contribution is -0.384. The standard InChI is InChI=1S/C27H26N2O5/c1-4-32-27-17-21(16-23(18-28)22-7-9-24(10-8-22)29(30)31)6-12-26(27)34-14-13-33-25-11-5-19(2)20(3)15-25/h5-12,15-17H,4,13-14H2,1-3H3/b23-16+. The van der Waals surface area contributed by atoms with Gasteiger partial charge in [0.25, 0.3) is 5.69 Å². The van der Waals surface area contributed by atoms with Crippen LogP contribution in [0.15, 0.2) is 60.7 Å². The van der Waals surface area contributed by atoms with Crippen LogP contribution in [0.1, 0.15) is 29.2 Å². The summed E-state index contributed by atoms with van der Waals surface area (Å²) in [6.07, 6.45) is 1.70. The summed E-state index contributed by atoms with van der Waals surface area (Å²) in [5.74, 6) is 1.94. The molecule has 0 amide bonds. The van der Waals surface area contributed by atoms with Gasteiger partial charge in [0.05, 0.1) is 23.2 Å². The van der Waals surface area contributed by atoms with E-state index in [4.69, 9.17) is 14.2 Å². The molecule has 3 rings (SSSR count). The minimum absolute atomic E-state index is 0.0253. The van der Waals surface area contributed by atoms with Crippen molar-refractivity contribution in [2.45, 2.75) is 20.8 Å². The Balaban J connectivity index is 1.70. The van der Waals surface area contributed by atoms with E-state index >= 15 is 0 Å². The van der Waals surface area contributed by atoms with Gasteiger partial charge in [0.15, 0.2) is 11.5 Å². The second-order valence-corrected chi connectivity index (χ2v) is 7.56. The smallest absolute Gasteiger partial charge is 0.269 e. The van der Waals surface area contributed by atoms with Gasteiger partial charge in [-0.1, -0.05) is 12.1 Å². The number of aryl methyl sites for hydroxylation is 2. The fourth-order valence-electron chi connectivity index (χ4n) is 3.23. The summed E-state index contributed by atoms with van der Waals surface area (Å²) in [5, 5.41) is 20.5. The van der Waals surface area contributed by atoms with Crippen molar-refractivity contribution in [3.8, 4) is 23.3 Å². The summed E-state index contributed by atoms with van der Waals surface area (Å²) in [5.41, 5.74) is 4.08. The van der Waals surface area contributed by atoms with E-state index in [-0.39, 0.29) is 5.69 Å². The van der Waals surface area contributed by atoms with Crippen molar-refractivity contribution in [2.24, 2.45) is 0 Å². The maximum absolute atomic E-state index is 10.9. The molecular weight excluding hydrogens is 432 g/mol. The third-order valence-electron chi connectivity index (χ3n) is 5.18. The van der Waals surface area contributed by atoms with E-state index < -0.39 is 4.92 Å². The Morgan fingerprint density at radius 2 is 1.68 bits per heavy atom. The Hall–Kier alpha value is -4.31. The number of nitro groups is 1. The average Bonchev–Trinajstić information content (AvgIpc) is 2.83. The molecule has 0 saturated carbocycles. The second-order valence-electron chi connectivity index (χ2n) is 7.56. The molecule has 0 aliphatic heterocycles. The zero-order valence-electron chi connectivity index (χ0n) is 19.4.